The SMILES string of the molecule is CC1(C)CCC(OC(=O)Cc2ccc(N)cc2)CC1. The summed E-state index contributed by atoms with van der Waals surface area (Å²) in [5, 5.41) is 0. The van der Waals surface area contributed by atoms with Crippen LogP contribution in [0.4, 0.5) is 5.69 Å². The van der Waals surface area contributed by atoms with E-state index in [1.54, 1.807) is 0 Å². The number of benzene rings is 1. The van der Waals surface area contributed by atoms with E-state index in [1.807, 2.05) is 24.3 Å². The Bertz CT molecular complexity index is 427. The Morgan fingerprint density at radius 1 is 1.26 bits per heavy atom. The van der Waals surface area contributed by atoms with Crippen LogP contribution in [0.25, 0.3) is 0 Å². The van der Waals surface area contributed by atoms with Crippen molar-refractivity contribution in [3.8, 4) is 0 Å². The van der Waals surface area contributed by atoms with Crippen molar-refractivity contribution in [2.75, 3.05) is 5.73 Å². The summed E-state index contributed by atoms with van der Waals surface area (Å²) in [6, 6.07) is 7.37. The molecule has 1 aliphatic rings. The molecule has 0 bridgehead atoms. The summed E-state index contributed by atoms with van der Waals surface area (Å²) in [5.74, 6) is -0.130. The Morgan fingerprint density at radius 2 is 1.84 bits per heavy atom. The molecule has 2 rings (SSSR count). The monoisotopic (exact) mass is 261 g/mol. The molecule has 1 aromatic rings. The molecule has 3 nitrogen and oxygen atoms in total. The normalized spacial score (nSPS) is 19.1. The van der Waals surface area contributed by atoms with Crippen molar-refractivity contribution in [1.82, 2.24) is 0 Å². The maximum Gasteiger partial charge on any atom is 0.310 e. The highest BCUT2D eigenvalue weighted by Gasteiger charge is 2.28. The number of ether oxygens (including phenoxy) is 1. The molecule has 0 aromatic heterocycles. The molecule has 0 radical (unpaired) electrons. The zero-order valence-corrected chi connectivity index (χ0v) is 11.8. The van der Waals surface area contributed by atoms with E-state index in [9.17, 15) is 4.79 Å². The summed E-state index contributed by atoms with van der Waals surface area (Å²) < 4.78 is 5.55. The van der Waals surface area contributed by atoms with Crippen molar-refractivity contribution in [3.05, 3.63) is 29.8 Å². The van der Waals surface area contributed by atoms with Gasteiger partial charge in [0, 0.05) is 5.69 Å². The van der Waals surface area contributed by atoms with Crippen LogP contribution in [0.15, 0.2) is 24.3 Å². The predicted octanol–water partition coefficient (Wildman–Crippen LogP) is 3.32. The van der Waals surface area contributed by atoms with Crippen LogP contribution in [-0.2, 0) is 16.0 Å². The van der Waals surface area contributed by atoms with Crippen molar-refractivity contribution in [2.45, 2.75) is 52.1 Å². The molecule has 2 N–H and O–H groups in total. The lowest BCUT2D eigenvalue weighted by Gasteiger charge is -2.33. The topological polar surface area (TPSA) is 52.3 Å². The zero-order chi connectivity index (χ0) is 13.9. The lowest BCUT2D eigenvalue weighted by molar-refractivity contribution is -0.150. The third-order valence-corrected chi connectivity index (χ3v) is 3.91. The lowest BCUT2D eigenvalue weighted by Crippen LogP contribution is -2.28. The van der Waals surface area contributed by atoms with Crippen molar-refractivity contribution >= 4 is 11.7 Å². The standard InChI is InChI=1S/C16H23NO2/c1-16(2)9-7-14(8-10-16)19-15(18)11-12-3-5-13(17)6-4-12/h3-6,14H,7-11,17H2,1-2H3. The van der Waals surface area contributed by atoms with Gasteiger partial charge < -0.3 is 10.5 Å². The zero-order valence-electron chi connectivity index (χ0n) is 11.8. The number of esters is 1. The minimum Gasteiger partial charge on any atom is -0.462 e. The van der Waals surface area contributed by atoms with E-state index in [2.05, 4.69) is 13.8 Å². The first kappa shape index (κ1) is 13.9. The van der Waals surface area contributed by atoms with Crippen LogP contribution in [0.2, 0.25) is 0 Å². The summed E-state index contributed by atoms with van der Waals surface area (Å²) in [6.07, 6.45) is 4.68. The van der Waals surface area contributed by atoms with E-state index < -0.39 is 0 Å². The quantitative estimate of drug-likeness (QED) is 0.670. The average molecular weight is 261 g/mol. The molecule has 0 atom stereocenters. The number of hydrogen-bond donors (Lipinski definition) is 1. The first-order valence-corrected chi connectivity index (χ1v) is 6.98. The molecule has 1 fully saturated rings. The fourth-order valence-electron chi connectivity index (χ4n) is 2.52. The van der Waals surface area contributed by atoms with E-state index in [-0.39, 0.29) is 12.1 Å². The number of anilines is 1. The van der Waals surface area contributed by atoms with Crippen LogP contribution in [0.5, 0.6) is 0 Å². The minimum atomic E-state index is -0.130. The molecule has 0 unspecified atom stereocenters. The Kier molecular flexibility index (Phi) is 4.13. The molecular formula is C16H23NO2. The van der Waals surface area contributed by atoms with Crippen LogP contribution in [-0.4, -0.2) is 12.1 Å². The second-order valence-electron chi connectivity index (χ2n) is 6.27. The highest BCUT2D eigenvalue weighted by Crippen LogP contribution is 2.36. The van der Waals surface area contributed by atoms with E-state index >= 15 is 0 Å². The van der Waals surface area contributed by atoms with Crippen LogP contribution < -0.4 is 5.73 Å². The smallest absolute Gasteiger partial charge is 0.310 e. The number of rotatable bonds is 3. The molecule has 0 saturated heterocycles. The number of nitrogens with two attached hydrogens (primary N) is 1. The van der Waals surface area contributed by atoms with Crippen molar-refractivity contribution in [1.29, 1.82) is 0 Å². The summed E-state index contributed by atoms with van der Waals surface area (Å²) in [4.78, 5) is 11.9. The molecule has 1 saturated carbocycles. The van der Waals surface area contributed by atoms with Crippen LogP contribution in [0, 0.1) is 5.41 Å². The second kappa shape index (κ2) is 5.64. The second-order valence-corrected chi connectivity index (χ2v) is 6.27. The molecule has 3 heteroatoms. The molecule has 104 valence electrons. The first-order chi connectivity index (χ1) is 8.94. The Hall–Kier alpha value is -1.51. The molecule has 1 aliphatic carbocycles. The maximum absolute atomic E-state index is 11.9. The Morgan fingerprint density at radius 3 is 2.42 bits per heavy atom. The summed E-state index contributed by atoms with van der Waals surface area (Å²) in [6.45, 7) is 4.55. The Labute approximate surface area is 115 Å². The van der Waals surface area contributed by atoms with Gasteiger partial charge in [-0.3, -0.25) is 4.79 Å². The average Bonchev–Trinajstić information content (AvgIpc) is 2.35. The van der Waals surface area contributed by atoms with Gasteiger partial charge in [-0.15, -0.1) is 0 Å². The number of hydrogen-bond acceptors (Lipinski definition) is 3. The van der Waals surface area contributed by atoms with Crippen molar-refractivity contribution in [2.24, 2.45) is 5.41 Å². The maximum atomic E-state index is 11.9. The van der Waals surface area contributed by atoms with Crippen LogP contribution >= 0.6 is 0 Å². The summed E-state index contributed by atoms with van der Waals surface area (Å²) in [7, 11) is 0. The first-order valence-electron chi connectivity index (χ1n) is 6.98. The number of carbonyl (C=O) groups is 1. The third-order valence-electron chi connectivity index (χ3n) is 3.91. The largest absolute Gasteiger partial charge is 0.462 e. The summed E-state index contributed by atoms with van der Waals surface area (Å²) in [5.41, 5.74) is 7.69. The van der Waals surface area contributed by atoms with Gasteiger partial charge in [-0.25, -0.2) is 0 Å². The van der Waals surface area contributed by atoms with E-state index in [4.69, 9.17) is 10.5 Å². The van der Waals surface area contributed by atoms with Gasteiger partial charge in [0.05, 0.1) is 6.42 Å². The molecule has 1 aromatic carbocycles. The predicted molar refractivity (Wildman–Crippen MR) is 76.7 cm³/mol. The highest BCUT2D eigenvalue weighted by molar-refractivity contribution is 5.72. The van der Waals surface area contributed by atoms with Gasteiger partial charge in [0.15, 0.2) is 0 Å². The van der Waals surface area contributed by atoms with Gasteiger partial charge in [-0.2, -0.15) is 0 Å². The number of carbonyl (C=O) groups excluding carboxylic acids is 1. The Balaban J connectivity index is 1.80. The molecular weight excluding hydrogens is 238 g/mol. The van der Waals surface area contributed by atoms with Crippen molar-refractivity contribution in [3.63, 3.8) is 0 Å². The van der Waals surface area contributed by atoms with E-state index in [1.165, 1.54) is 0 Å². The van der Waals surface area contributed by atoms with Gasteiger partial charge in [-0.1, -0.05) is 26.0 Å². The third kappa shape index (κ3) is 4.27. The summed E-state index contributed by atoms with van der Waals surface area (Å²) >= 11 is 0. The van der Waals surface area contributed by atoms with Gasteiger partial charge in [0.1, 0.15) is 6.10 Å². The van der Waals surface area contributed by atoms with Gasteiger partial charge in [0.2, 0.25) is 0 Å². The van der Waals surface area contributed by atoms with Gasteiger partial charge >= 0.3 is 5.97 Å². The minimum absolute atomic E-state index is 0.106. The fraction of sp³-hybridized carbons (Fsp3) is 0.562. The van der Waals surface area contributed by atoms with Gasteiger partial charge in [-0.05, 0) is 48.8 Å². The van der Waals surface area contributed by atoms with Gasteiger partial charge in [0.25, 0.3) is 0 Å². The molecule has 19 heavy (non-hydrogen) atoms. The molecule has 0 heterocycles. The number of nitrogen functional groups attached to an aromatic ring is 1. The fourth-order valence-corrected chi connectivity index (χ4v) is 2.52. The van der Waals surface area contributed by atoms with Crippen LogP contribution in [0.1, 0.15) is 45.1 Å². The van der Waals surface area contributed by atoms with E-state index in [0.717, 1.165) is 31.2 Å². The van der Waals surface area contributed by atoms with E-state index in [0.29, 0.717) is 17.5 Å². The molecule has 0 amide bonds. The van der Waals surface area contributed by atoms with Crippen molar-refractivity contribution < 1.29 is 9.53 Å². The highest BCUT2D eigenvalue weighted by atomic mass is 16.5. The molecule has 0 aliphatic heterocycles. The molecule has 0 spiro atoms. The van der Waals surface area contributed by atoms with Crippen LogP contribution in [0.3, 0.4) is 0 Å². The lowest BCUT2D eigenvalue weighted by atomic mass is 9.76.